The molecule has 0 saturated heterocycles. The fourth-order valence-corrected chi connectivity index (χ4v) is 3.38. The summed E-state index contributed by atoms with van der Waals surface area (Å²) < 4.78 is 0. The topological polar surface area (TPSA) is 12.0 Å². The van der Waals surface area contributed by atoms with Gasteiger partial charge in [0.25, 0.3) is 0 Å². The van der Waals surface area contributed by atoms with Crippen LogP contribution in [0.1, 0.15) is 16.7 Å². The average molecular weight is 301 g/mol. The number of rotatable bonds is 3. The molecule has 3 aromatic carbocycles. The molecule has 0 atom stereocenters. The van der Waals surface area contributed by atoms with E-state index in [-0.39, 0.29) is 0 Å². The maximum atomic E-state index is 3.34. The molecule has 0 spiro atoms. The molecule has 1 N–H and O–H groups in total. The molecule has 0 amide bonds. The van der Waals surface area contributed by atoms with Crippen molar-refractivity contribution in [1.29, 1.82) is 0 Å². The number of anilines is 1. The number of hydrogen-bond acceptors (Lipinski definition) is 1. The van der Waals surface area contributed by atoms with E-state index in [2.05, 4.69) is 86.8 Å². The molecular formula is C22H23N. The van der Waals surface area contributed by atoms with E-state index in [9.17, 15) is 0 Å². The highest BCUT2D eigenvalue weighted by molar-refractivity contribution is 5.86. The highest BCUT2D eigenvalue weighted by Gasteiger charge is 2.12. The van der Waals surface area contributed by atoms with Crippen molar-refractivity contribution in [3.8, 4) is 22.3 Å². The summed E-state index contributed by atoms with van der Waals surface area (Å²) in [4.78, 5) is 0. The Bertz CT molecular complexity index is 809. The molecule has 0 saturated carbocycles. The highest BCUT2D eigenvalue weighted by Crippen LogP contribution is 2.36. The molecule has 3 rings (SSSR count). The van der Waals surface area contributed by atoms with Gasteiger partial charge in [-0.25, -0.2) is 0 Å². The lowest BCUT2D eigenvalue weighted by Crippen LogP contribution is -1.97. The van der Waals surface area contributed by atoms with Gasteiger partial charge in [-0.1, -0.05) is 54.1 Å². The lowest BCUT2D eigenvalue weighted by Gasteiger charge is -2.17. The van der Waals surface area contributed by atoms with E-state index >= 15 is 0 Å². The van der Waals surface area contributed by atoms with Gasteiger partial charge in [-0.05, 0) is 60.7 Å². The molecule has 116 valence electrons. The molecule has 0 bridgehead atoms. The van der Waals surface area contributed by atoms with E-state index < -0.39 is 0 Å². The normalized spacial score (nSPS) is 10.6. The summed E-state index contributed by atoms with van der Waals surface area (Å²) in [6.45, 7) is 6.55. The number of nitrogens with one attached hydrogen (secondary N) is 1. The molecule has 0 aliphatic heterocycles. The summed E-state index contributed by atoms with van der Waals surface area (Å²) in [7, 11) is 1.99. The third-order valence-electron chi connectivity index (χ3n) is 4.34. The standard InChI is InChI=1S/C22H23N/c1-15-12-16(2)22(17(3)13-15)20-14-19(10-11-21(20)23-4)18-8-6-5-7-9-18/h5-14,23H,1-4H3. The van der Waals surface area contributed by atoms with Crippen molar-refractivity contribution in [3.63, 3.8) is 0 Å². The summed E-state index contributed by atoms with van der Waals surface area (Å²) in [5, 5.41) is 3.34. The maximum Gasteiger partial charge on any atom is 0.0417 e. The van der Waals surface area contributed by atoms with Gasteiger partial charge in [0.2, 0.25) is 0 Å². The second-order valence-corrected chi connectivity index (χ2v) is 6.15. The Hall–Kier alpha value is -2.54. The van der Waals surface area contributed by atoms with Gasteiger partial charge >= 0.3 is 0 Å². The van der Waals surface area contributed by atoms with Crippen LogP contribution in [0.3, 0.4) is 0 Å². The van der Waals surface area contributed by atoms with E-state index in [0.717, 1.165) is 0 Å². The third kappa shape index (κ3) is 3.00. The monoisotopic (exact) mass is 301 g/mol. The Morgan fingerprint density at radius 1 is 0.696 bits per heavy atom. The Kier molecular flexibility index (Phi) is 4.20. The molecule has 23 heavy (non-hydrogen) atoms. The van der Waals surface area contributed by atoms with Crippen molar-refractivity contribution < 1.29 is 0 Å². The van der Waals surface area contributed by atoms with Crippen LogP contribution in [0.4, 0.5) is 5.69 Å². The van der Waals surface area contributed by atoms with Crippen LogP contribution < -0.4 is 5.32 Å². The molecule has 0 aliphatic rings. The van der Waals surface area contributed by atoms with Gasteiger partial charge < -0.3 is 5.32 Å². The molecule has 0 heterocycles. The lowest BCUT2D eigenvalue weighted by molar-refractivity contribution is 1.32. The number of hydrogen-bond donors (Lipinski definition) is 1. The largest absolute Gasteiger partial charge is 0.388 e. The minimum absolute atomic E-state index is 1.17. The Labute approximate surface area is 139 Å². The Morgan fingerprint density at radius 3 is 1.96 bits per heavy atom. The molecular weight excluding hydrogens is 278 g/mol. The van der Waals surface area contributed by atoms with Crippen LogP contribution in [0.5, 0.6) is 0 Å². The summed E-state index contributed by atoms with van der Waals surface area (Å²) in [5.41, 5.74) is 10.2. The third-order valence-corrected chi connectivity index (χ3v) is 4.34. The van der Waals surface area contributed by atoms with Crippen molar-refractivity contribution in [2.24, 2.45) is 0 Å². The van der Waals surface area contributed by atoms with Crippen molar-refractivity contribution >= 4 is 5.69 Å². The van der Waals surface area contributed by atoms with E-state index in [4.69, 9.17) is 0 Å². The van der Waals surface area contributed by atoms with Crippen molar-refractivity contribution in [3.05, 3.63) is 77.4 Å². The van der Waals surface area contributed by atoms with Crippen molar-refractivity contribution in [2.75, 3.05) is 12.4 Å². The molecule has 0 unspecified atom stereocenters. The zero-order chi connectivity index (χ0) is 16.4. The van der Waals surface area contributed by atoms with Gasteiger partial charge in [-0.2, -0.15) is 0 Å². The highest BCUT2D eigenvalue weighted by atomic mass is 14.8. The Morgan fingerprint density at radius 2 is 1.35 bits per heavy atom. The Balaban J connectivity index is 2.22. The summed E-state index contributed by atoms with van der Waals surface area (Å²) in [6, 6.07) is 21.7. The minimum atomic E-state index is 1.17. The van der Waals surface area contributed by atoms with E-state index in [0.29, 0.717) is 0 Å². The maximum absolute atomic E-state index is 3.34. The van der Waals surface area contributed by atoms with Gasteiger partial charge in [-0.3, -0.25) is 0 Å². The second-order valence-electron chi connectivity index (χ2n) is 6.15. The fraction of sp³-hybridized carbons (Fsp3) is 0.182. The smallest absolute Gasteiger partial charge is 0.0417 e. The van der Waals surface area contributed by atoms with Gasteiger partial charge in [0.1, 0.15) is 0 Å². The fourth-order valence-electron chi connectivity index (χ4n) is 3.38. The molecule has 0 aromatic heterocycles. The molecule has 1 heteroatoms. The van der Waals surface area contributed by atoms with E-state index in [1.54, 1.807) is 0 Å². The SMILES string of the molecule is CNc1ccc(-c2ccccc2)cc1-c1c(C)cc(C)cc1C. The zero-order valence-electron chi connectivity index (χ0n) is 14.3. The lowest BCUT2D eigenvalue weighted by atomic mass is 9.90. The van der Waals surface area contributed by atoms with Crippen LogP contribution >= 0.6 is 0 Å². The number of benzene rings is 3. The van der Waals surface area contributed by atoms with Gasteiger partial charge in [0.05, 0.1) is 0 Å². The molecule has 0 radical (unpaired) electrons. The van der Waals surface area contributed by atoms with Gasteiger partial charge in [0, 0.05) is 18.3 Å². The first-order chi connectivity index (χ1) is 11.1. The first-order valence-corrected chi connectivity index (χ1v) is 8.05. The minimum Gasteiger partial charge on any atom is -0.388 e. The van der Waals surface area contributed by atoms with Crippen LogP contribution in [0.2, 0.25) is 0 Å². The van der Waals surface area contributed by atoms with Crippen LogP contribution in [-0.4, -0.2) is 7.05 Å². The van der Waals surface area contributed by atoms with Crippen LogP contribution in [0, 0.1) is 20.8 Å². The molecule has 1 nitrogen and oxygen atoms in total. The first-order valence-electron chi connectivity index (χ1n) is 8.05. The summed E-state index contributed by atoms with van der Waals surface area (Å²) in [6.07, 6.45) is 0. The predicted molar refractivity (Wildman–Crippen MR) is 101 cm³/mol. The number of aryl methyl sites for hydroxylation is 3. The van der Waals surface area contributed by atoms with Crippen molar-refractivity contribution in [1.82, 2.24) is 0 Å². The predicted octanol–water partition coefficient (Wildman–Crippen LogP) is 5.99. The summed E-state index contributed by atoms with van der Waals surface area (Å²) >= 11 is 0. The molecule has 0 aliphatic carbocycles. The van der Waals surface area contributed by atoms with E-state index in [1.165, 1.54) is 44.6 Å². The first kappa shape index (κ1) is 15.4. The zero-order valence-corrected chi connectivity index (χ0v) is 14.3. The van der Waals surface area contributed by atoms with E-state index in [1.807, 2.05) is 7.05 Å². The molecule has 3 aromatic rings. The van der Waals surface area contributed by atoms with Crippen molar-refractivity contribution in [2.45, 2.75) is 20.8 Å². The van der Waals surface area contributed by atoms with Gasteiger partial charge in [0.15, 0.2) is 0 Å². The molecule has 0 fully saturated rings. The average Bonchev–Trinajstić information content (AvgIpc) is 2.54. The quantitative estimate of drug-likeness (QED) is 0.626. The van der Waals surface area contributed by atoms with Crippen LogP contribution in [0.15, 0.2) is 60.7 Å². The van der Waals surface area contributed by atoms with Crippen LogP contribution in [-0.2, 0) is 0 Å². The second kappa shape index (κ2) is 6.29. The summed E-state index contributed by atoms with van der Waals surface area (Å²) in [5.74, 6) is 0. The van der Waals surface area contributed by atoms with Crippen LogP contribution in [0.25, 0.3) is 22.3 Å². The van der Waals surface area contributed by atoms with Gasteiger partial charge in [-0.15, -0.1) is 0 Å².